The number of aromatic nitrogens is 5. The largest absolute Gasteiger partial charge is 0.444 e. The number of ether oxygens (including phenoxy) is 2. The zero-order valence-corrected chi connectivity index (χ0v) is 24.4. The molecule has 0 unspecified atom stereocenters. The fourth-order valence-electron chi connectivity index (χ4n) is 4.38. The van der Waals surface area contributed by atoms with Gasteiger partial charge in [0.05, 0.1) is 11.7 Å². The summed E-state index contributed by atoms with van der Waals surface area (Å²) in [7, 11) is 0. The Hall–Kier alpha value is -3.60. The summed E-state index contributed by atoms with van der Waals surface area (Å²) in [6.07, 6.45) is 7.00. The van der Waals surface area contributed by atoms with Gasteiger partial charge < -0.3 is 9.47 Å². The lowest BCUT2D eigenvalue weighted by Crippen LogP contribution is -2.28. The number of fused-ring (bicyclic) bond motifs is 4. The third kappa shape index (κ3) is 6.89. The molecule has 1 amide bonds. The summed E-state index contributed by atoms with van der Waals surface area (Å²) >= 11 is 1.39. The van der Waals surface area contributed by atoms with E-state index in [4.69, 9.17) is 9.47 Å². The van der Waals surface area contributed by atoms with Gasteiger partial charge in [-0.15, -0.1) is 0 Å². The third-order valence-electron chi connectivity index (χ3n) is 5.79. The molecule has 1 aliphatic rings. The van der Waals surface area contributed by atoms with Crippen LogP contribution in [-0.2, 0) is 22.3 Å². The molecule has 1 N–H and O–H groups in total. The van der Waals surface area contributed by atoms with Crippen LogP contribution in [0.2, 0.25) is 0 Å². The Morgan fingerprint density at radius 2 is 1.64 bits per heavy atom. The van der Waals surface area contributed by atoms with Gasteiger partial charge in [-0.05, 0) is 85.1 Å². The zero-order chi connectivity index (χ0) is 28.4. The van der Waals surface area contributed by atoms with E-state index in [-0.39, 0.29) is 12.0 Å². The van der Waals surface area contributed by atoms with Crippen LogP contribution in [0, 0.1) is 0 Å². The fourth-order valence-corrected chi connectivity index (χ4v) is 4.75. The van der Waals surface area contributed by atoms with Crippen LogP contribution in [0.3, 0.4) is 0 Å². The van der Waals surface area contributed by atoms with E-state index in [0.717, 1.165) is 30.5 Å². The van der Waals surface area contributed by atoms with Gasteiger partial charge in [0.15, 0.2) is 10.8 Å². The van der Waals surface area contributed by atoms with Crippen LogP contribution < -0.4 is 5.32 Å². The number of aryl methyl sites for hydroxylation is 1. The van der Waals surface area contributed by atoms with Gasteiger partial charge in [-0.2, -0.15) is 14.6 Å². The van der Waals surface area contributed by atoms with Crippen molar-refractivity contribution in [2.24, 2.45) is 0 Å². The second-order valence-corrected chi connectivity index (χ2v) is 12.0. The van der Waals surface area contributed by atoms with E-state index < -0.39 is 17.3 Å². The second-order valence-electron chi connectivity index (χ2n) is 11.2. The van der Waals surface area contributed by atoms with E-state index in [0.29, 0.717) is 10.8 Å². The normalized spacial score (nSPS) is 13.4. The first-order chi connectivity index (χ1) is 18.4. The molecule has 1 aromatic carbocycles. The molecule has 11 heteroatoms. The van der Waals surface area contributed by atoms with Crippen LogP contribution in [0.1, 0.15) is 65.6 Å². The van der Waals surface area contributed by atoms with Crippen LogP contribution in [-0.4, -0.2) is 53.8 Å². The van der Waals surface area contributed by atoms with Crippen LogP contribution in [0.4, 0.5) is 15.5 Å². The molecule has 0 radical (unpaired) electrons. The maximum Gasteiger partial charge on any atom is 0.419 e. The number of para-hydroxylation sites is 1. The number of benzene rings is 1. The van der Waals surface area contributed by atoms with Crippen LogP contribution in [0.15, 0.2) is 41.7 Å². The van der Waals surface area contributed by atoms with E-state index >= 15 is 0 Å². The van der Waals surface area contributed by atoms with Gasteiger partial charge in [0.2, 0.25) is 5.95 Å². The average Bonchev–Trinajstić information content (AvgIpc) is 3.45. The van der Waals surface area contributed by atoms with E-state index in [2.05, 4.69) is 26.4 Å². The first-order valence-electron chi connectivity index (χ1n) is 13.0. The molecule has 0 aliphatic heterocycles. The molecule has 4 aromatic rings. The van der Waals surface area contributed by atoms with Crippen molar-refractivity contribution in [3.05, 3.63) is 47.8 Å². The van der Waals surface area contributed by atoms with Gasteiger partial charge >= 0.3 is 12.2 Å². The second kappa shape index (κ2) is 11.3. The molecule has 208 valence electrons. The maximum atomic E-state index is 12.5. The van der Waals surface area contributed by atoms with Crippen LogP contribution in [0.5, 0.6) is 0 Å². The molecule has 0 spiro atoms. The van der Waals surface area contributed by atoms with Crippen molar-refractivity contribution < 1.29 is 19.1 Å². The number of hydrogen-bond donors (Lipinski definition) is 1. The number of nitrogens with zero attached hydrogens (tertiary/aromatic N) is 5. The molecule has 39 heavy (non-hydrogen) atoms. The summed E-state index contributed by atoms with van der Waals surface area (Å²) < 4.78 is 14.0. The highest BCUT2D eigenvalue weighted by Crippen LogP contribution is 2.32. The number of rotatable bonds is 2. The topological polar surface area (TPSA) is 113 Å². The summed E-state index contributed by atoms with van der Waals surface area (Å²) in [6.45, 7) is 11.1. The van der Waals surface area contributed by atoms with Crippen molar-refractivity contribution in [3.63, 3.8) is 0 Å². The van der Waals surface area contributed by atoms with Crippen molar-refractivity contribution in [2.75, 3.05) is 11.6 Å². The average molecular weight is 553 g/mol. The minimum absolute atomic E-state index is 0.253. The molecular formula is C28H36N6O4S. The first kappa shape index (κ1) is 28.4. The first-order valence-corrected chi connectivity index (χ1v) is 14.2. The molecule has 0 fully saturated rings. The lowest BCUT2D eigenvalue weighted by Gasteiger charge is -2.22. The fraction of sp³-hybridized carbons (Fsp3) is 0.464. The molecular weight excluding hydrogens is 516 g/mol. The molecule has 0 saturated carbocycles. The number of hydrogen-bond acceptors (Lipinski definition) is 8. The summed E-state index contributed by atoms with van der Waals surface area (Å²) in [6, 6.07) is 9.88. The van der Waals surface area contributed by atoms with Gasteiger partial charge in [0, 0.05) is 17.1 Å². The monoisotopic (exact) mass is 552 g/mol. The number of anilines is 1. The Bertz CT molecular complexity index is 1500. The van der Waals surface area contributed by atoms with Gasteiger partial charge in [0.1, 0.15) is 11.2 Å². The van der Waals surface area contributed by atoms with Crippen molar-refractivity contribution in [2.45, 2.75) is 83.6 Å². The van der Waals surface area contributed by atoms with Gasteiger partial charge in [-0.1, -0.05) is 30.0 Å². The third-order valence-corrected chi connectivity index (χ3v) is 6.33. The van der Waals surface area contributed by atoms with E-state index in [1.165, 1.54) is 33.6 Å². The number of amides is 1. The lowest BCUT2D eigenvalue weighted by atomic mass is 9.96. The maximum absolute atomic E-state index is 12.5. The molecule has 0 saturated heterocycles. The standard InChI is InChI=1S/C17H21NO2.C11H15N5O2S/c1-17(2,3)20-16(19)18-14-10-6-4-8-12(14)13-9-5-7-11-15(13)18;1-11(2,3)18-10(17)15-8-14-9(19-4)13-7-5-6-12-16(7)8/h4,6,8,10H,5,7,9,11H2,1-3H3;5-6H,1-4H3,(H,13,14,15,17). The highest BCUT2D eigenvalue weighted by atomic mass is 32.2. The Morgan fingerprint density at radius 3 is 2.33 bits per heavy atom. The van der Waals surface area contributed by atoms with Crippen molar-refractivity contribution in [1.29, 1.82) is 0 Å². The lowest BCUT2D eigenvalue weighted by molar-refractivity contribution is 0.0538. The van der Waals surface area contributed by atoms with E-state index in [9.17, 15) is 9.59 Å². The minimum Gasteiger partial charge on any atom is -0.444 e. The minimum atomic E-state index is -0.574. The van der Waals surface area contributed by atoms with E-state index in [1.54, 1.807) is 37.6 Å². The molecule has 1 aliphatic carbocycles. The summed E-state index contributed by atoms with van der Waals surface area (Å²) in [5.74, 6) is 0.286. The highest BCUT2D eigenvalue weighted by Gasteiger charge is 2.26. The molecule has 10 nitrogen and oxygen atoms in total. The van der Waals surface area contributed by atoms with Crippen LogP contribution in [0.25, 0.3) is 16.6 Å². The predicted octanol–water partition coefficient (Wildman–Crippen LogP) is 6.50. The Labute approximate surface area is 232 Å². The molecule has 3 aromatic heterocycles. The smallest absolute Gasteiger partial charge is 0.419 e. The van der Waals surface area contributed by atoms with Crippen LogP contribution >= 0.6 is 11.8 Å². The quantitative estimate of drug-likeness (QED) is 0.281. The van der Waals surface area contributed by atoms with Crippen molar-refractivity contribution >= 4 is 46.4 Å². The molecule has 3 heterocycles. The Balaban J connectivity index is 0.000000181. The summed E-state index contributed by atoms with van der Waals surface area (Å²) in [4.78, 5) is 32.8. The number of nitrogens with one attached hydrogen (secondary N) is 1. The number of thioether (sulfide) groups is 1. The van der Waals surface area contributed by atoms with E-state index in [1.807, 2.05) is 45.2 Å². The summed E-state index contributed by atoms with van der Waals surface area (Å²) in [5.41, 5.74) is 3.04. The van der Waals surface area contributed by atoms with Gasteiger partial charge in [0.25, 0.3) is 0 Å². The Morgan fingerprint density at radius 1 is 0.949 bits per heavy atom. The number of carbonyl (C=O) groups is 2. The molecule has 0 bridgehead atoms. The van der Waals surface area contributed by atoms with Crippen molar-refractivity contribution in [1.82, 2.24) is 24.1 Å². The Kier molecular flexibility index (Phi) is 8.20. The van der Waals surface area contributed by atoms with Gasteiger partial charge in [-0.3, -0.25) is 5.32 Å². The zero-order valence-electron chi connectivity index (χ0n) is 23.6. The van der Waals surface area contributed by atoms with Crippen molar-refractivity contribution in [3.8, 4) is 0 Å². The molecule has 0 atom stereocenters. The number of carbonyl (C=O) groups excluding carboxylic acids is 2. The molecule has 5 rings (SSSR count). The SMILES string of the molecule is CC(C)(C)OC(=O)n1c2c(c3ccccc31)CCCC2.CSc1nc(NC(=O)OC(C)(C)C)n2nccc2n1. The van der Waals surface area contributed by atoms with Gasteiger partial charge in [-0.25, -0.2) is 19.1 Å². The highest BCUT2D eigenvalue weighted by molar-refractivity contribution is 7.98. The predicted molar refractivity (Wildman–Crippen MR) is 153 cm³/mol. The summed E-state index contributed by atoms with van der Waals surface area (Å²) in [5, 5.41) is 8.39.